The molecule has 1 aliphatic heterocycles. The van der Waals surface area contributed by atoms with E-state index in [1.165, 1.54) is 11.1 Å². The van der Waals surface area contributed by atoms with Gasteiger partial charge in [0.05, 0.1) is 23.6 Å². The lowest BCUT2D eigenvalue weighted by Crippen LogP contribution is -2.49. The van der Waals surface area contributed by atoms with Crippen LogP contribution in [0.15, 0.2) is 134 Å². The van der Waals surface area contributed by atoms with Crippen LogP contribution in [-0.2, 0) is 0 Å². The van der Waals surface area contributed by atoms with E-state index in [1.807, 2.05) is 59.5 Å². The minimum Gasteiger partial charge on any atom is -0.336 e. The first kappa shape index (κ1) is 25.9. The standard InChI is InChI=1S/C36H31N5O/c42-36(40-23-21-39(22-24-40)34(29-17-9-3-10-18-29)30-19-11-4-12-20-30)31-26-37-41-33(28-15-7-2-8-16-28)25-32(38-35(31)41)27-13-5-1-6-14-27/h1-20,25-26,34H,21-24H2. The summed E-state index contributed by atoms with van der Waals surface area (Å²) in [6.45, 7) is 2.82. The number of benzene rings is 4. The van der Waals surface area contributed by atoms with Crippen molar-refractivity contribution in [3.63, 3.8) is 0 Å². The van der Waals surface area contributed by atoms with Gasteiger partial charge in [-0.2, -0.15) is 5.10 Å². The molecule has 0 aliphatic carbocycles. The van der Waals surface area contributed by atoms with Crippen molar-refractivity contribution in [2.45, 2.75) is 6.04 Å². The van der Waals surface area contributed by atoms with Crippen LogP contribution in [0, 0.1) is 0 Å². The van der Waals surface area contributed by atoms with Crippen molar-refractivity contribution in [3.05, 3.63) is 150 Å². The number of hydrogen-bond acceptors (Lipinski definition) is 4. The number of nitrogens with zero attached hydrogens (tertiary/aromatic N) is 5. The third-order valence-electron chi connectivity index (χ3n) is 8.04. The molecule has 0 N–H and O–H groups in total. The Balaban J connectivity index is 1.19. The lowest BCUT2D eigenvalue weighted by Gasteiger charge is -2.39. The summed E-state index contributed by atoms with van der Waals surface area (Å²) in [5.74, 6) is -0.0302. The third kappa shape index (κ3) is 4.97. The topological polar surface area (TPSA) is 53.7 Å². The first-order chi connectivity index (χ1) is 20.8. The molecule has 1 saturated heterocycles. The zero-order valence-electron chi connectivity index (χ0n) is 23.3. The quantitative estimate of drug-likeness (QED) is 0.235. The molecule has 7 rings (SSSR count). The summed E-state index contributed by atoms with van der Waals surface area (Å²) in [6.07, 6.45) is 1.68. The van der Waals surface area contributed by atoms with Gasteiger partial charge in [-0.15, -0.1) is 0 Å². The second-order valence-corrected chi connectivity index (χ2v) is 10.6. The molecule has 3 heterocycles. The summed E-state index contributed by atoms with van der Waals surface area (Å²) in [4.78, 5) is 23.4. The third-order valence-corrected chi connectivity index (χ3v) is 8.04. The van der Waals surface area contributed by atoms with Crippen LogP contribution in [0.5, 0.6) is 0 Å². The molecule has 4 aromatic carbocycles. The highest BCUT2D eigenvalue weighted by Crippen LogP contribution is 2.31. The smallest absolute Gasteiger partial charge is 0.259 e. The predicted molar refractivity (Wildman–Crippen MR) is 166 cm³/mol. The summed E-state index contributed by atoms with van der Waals surface area (Å²) >= 11 is 0. The van der Waals surface area contributed by atoms with Crippen LogP contribution in [0.1, 0.15) is 27.5 Å². The Hall–Kier alpha value is -5.07. The van der Waals surface area contributed by atoms with E-state index in [0.29, 0.717) is 24.3 Å². The molecule has 6 heteroatoms. The maximum Gasteiger partial charge on any atom is 0.259 e. The Labute approximate surface area is 245 Å². The van der Waals surface area contributed by atoms with Crippen LogP contribution in [0.4, 0.5) is 0 Å². The van der Waals surface area contributed by atoms with Gasteiger partial charge >= 0.3 is 0 Å². The lowest BCUT2D eigenvalue weighted by atomic mass is 9.96. The minimum atomic E-state index is -0.0302. The van der Waals surface area contributed by atoms with E-state index in [2.05, 4.69) is 82.8 Å². The molecule has 0 atom stereocenters. The van der Waals surface area contributed by atoms with Crippen LogP contribution in [-0.4, -0.2) is 56.5 Å². The number of fused-ring (bicyclic) bond motifs is 1. The van der Waals surface area contributed by atoms with Gasteiger partial charge in [0.25, 0.3) is 5.91 Å². The van der Waals surface area contributed by atoms with Crippen molar-refractivity contribution in [2.24, 2.45) is 0 Å². The number of rotatable bonds is 6. The van der Waals surface area contributed by atoms with Crippen molar-refractivity contribution in [2.75, 3.05) is 26.2 Å². The fourth-order valence-corrected chi connectivity index (χ4v) is 5.92. The van der Waals surface area contributed by atoms with Crippen molar-refractivity contribution in [1.29, 1.82) is 0 Å². The van der Waals surface area contributed by atoms with E-state index >= 15 is 0 Å². The van der Waals surface area contributed by atoms with Gasteiger partial charge in [-0.1, -0.05) is 121 Å². The lowest BCUT2D eigenvalue weighted by molar-refractivity contribution is 0.0599. The van der Waals surface area contributed by atoms with Crippen molar-refractivity contribution < 1.29 is 4.79 Å². The van der Waals surface area contributed by atoms with Gasteiger partial charge in [-0.05, 0) is 17.2 Å². The molecular formula is C36H31N5O. The highest BCUT2D eigenvalue weighted by Gasteiger charge is 2.30. The molecule has 6 aromatic rings. The Morgan fingerprint density at radius 2 is 1.17 bits per heavy atom. The normalized spacial score (nSPS) is 14.0. The Morgan fingerprint density at radius 3 is 1.74 bits per heavy atom. The first-order valence-electron chi connectivity index (χ1n) is 14.4. The van der Waals surface area contributed by atoms with Gasteiger partial charge in [0.1, 0.15) is 5.56 Å². The summed E-state index contributed by atoms with van der Waals surface area (Å²) in [6, 6.07) is 43.7. The van der Waals surface area contributed by atoms with E-state index in [0.717, 1.165) is 35.6 Å². The highest BCUT2D eigenvalue weighted by atomic mass is 16.2. The van der Waals surface area contributed by atoms with Gasteiger partial charge < -0.3 is 4.90 Å². The molecule has 0 bridgehead atoms. The number of hydrogen-bond donors (Lipinski definition) is 0. The predicted octanol–water partition coefficient (Wildman–Crippen LogP) is 6.61. The van der Waals surface area contributed by atoms with E-state index in [4.69, 9.17) is 4.98 Å². The molecular weight excluding hydrogens is 518 g/mol. The minimum absolute atomic E-state index is 0.0302. The molecule has 42 heavy (non-hydrogen) atoms. The molecule has 6 nitrogen and oxygen atoms in total. The maximum atomic E-state index is 14.0. The average molecular weight is 550 g/mol. The van der Waals surface area contributed by atoms with Gasteiger partial charge in [0, 0.05) is 37.3 Å². The summed E-state index contributed by atoms with van der Waals surface area (Å²) < 4.78 is 1.80. The Morgan fingerprint density at radius 1 is 0.643 bits per heavy atom. The van der Waals surface area contributed by atoms with Gasteiger partial charge in [-0.3, -0.25) is 9.69 Å². The largest absolute Gasteiger partial charge is 0.336 e. The van der Waals surface area contributed by atoms with Crippen LogP contribution >= 0.6 is 0 Å². The maximum absolute atomic E-state index is 14.0. The summed E-state index contributed by atoms with van der Waals surface area (Å²) in [5, 5.41) is 4.66. The van der Waals surface area contributed by atoms with Crippen LogP contribution in [0.3, 0.4) is 0 Å². The molecule has 1 fully saturated rings. The zero-order valence-corrected chi connectivity index (χ0v) is 23.3. The monoisotopic (exact) mass is 549 g/mol. The summed E-state index contributed by atoms with van der Waals surface area (Å²) in [5.41, 5.74) is 7.36. The number of carbonyl (C=O) groups excluding carboxylic acids is 1. The van der Waals surface area contributed by atoms with Gasteiger partial charge in [0.2, 0.25) is 0 Å². The highest BCUT2D eigenvalue weighted by molar-refractivity contribution is 6.00. The van der Waals surface area contributed by atoms with Crippen molar-refractivity contribution in [1.82, 2.24) is 24.4 Å². The Kier molecular flexibility index (Phi) is 7.04. The average Bonchev–Trinajstić information content (AvgIpc) is 3.50. The molecule has 206 valence electrons. The summed E-state index contributed by atoms with van der Waals surface area (Å²) in [7, 11) is 0. The molecule has 0 unspecified atom stereocenters. The number of aromatic nitrogens is 3. The van der Waals surface area contributed by atoms with E-state index in [1.54, 1.807) is 10.7 Å². The number of piperazine rings is 1. The van der Waals surface area contributed by atoms with E-state index in [9.17, 15) is 4.79 Å². The van der Waals surface area contributed by atoms with Gasteiger partial charge in [0.15, 0.2) is 5.65 Å². The molecule has 0 radical (unpaired) electrons. The Bertz CT molecular complexity index is 1760. The molecule has 0 spiro atoms. The molecule has 1 aliphatic rings. The van der Waals surface area contributed by atoms with Gasteiger partial charge in [-0.25, -0.2) is 9.50 Å². The first-order valence-corrected chi connectivity index (χ1v) is 14.4. The van der Waals surface area contributed by atoms with E-state index < -0.39 is 0 Å². The molecule has 0 saturated carbocycles. The second-order valence-electron chi connectivity index (χ2n) is 10.6. The zero-order chi connectivity index (χ0) is 28.3. The fourth-order valence-electron chi connectivity index (χ4n) is 5.92. The van der Waals surface area contributed by atoms with Crippen LogP contribution in [0.2, 0.25) is 0 Å². The number of carbonyl (C=O) groups is 1. The SMILES string of the molecule is O=C(c1cnn2c(-c3ccccc3)cc(-c3ccccc3)nc12)N1CCN(C(c2ccccc2)c2ccccc2)CC1. The van der Waals surface area contributed by atoms with Crippen molar-refractivity contribution in [3.8, 4) is 22.5 Å². The molecule has 1 amide bonds. The second kappa shape index (κ2) is 11.4. The molecule has 2 aromatic heterocycles. The fraction of sp³-hybridized carbons (Fsp3) is 0.139. The van der Waals surface area contributed by atoms with Crippen LogP contribution < -0.4 is 0 Å². The van der Waals surface area contributed by atoms with Crippen molar-refractivity contribution >= 4 is 11.6 Å². The number of amides is 1. The van der Waals surface area contributed by atoms with Crippen LogP contribution in [0.25, 0.3) is 28.2 Å². The van der Waals surface area contributed by atoms with E-state index in [-0.39, 0.29) is 11.9 Å².